The topological polar surface area (TPSA) is 112 Å². The quantitative estimate of drug-likeness (QED) is 0.473. The molecule has 0 aliphatic carbocycles. The molecule has 0 radical (unpaired) electrons. The van der Waals surface area contributed by atoms with E-state index in [-0.39, 0.29) is 54.8 Å². The molecule has 0 spiro atoms. The smallest absolute Gasteiger partial charge is 0.876 e. The zero-order valence-electron chi connectivity index (χ0n) is 9.79. The standard InChI is InChI=1S/2C5H8O2.H2O.Zr/c2*1-4(6)3-5(2)7;;/h2*3,6H,1-2H3;1H2;/q;;;+2/p-2/b2*4-3-;;. The Bertz CT molecular complexity index is 232. The molecule has 0 fully saturated rings. The fraction of sp³-hybridized carbons (Fsp3) is 0.400. The molecule has 0 atom stereocenters. The molecule has 0 amide bonds. The van der Waals surface area contributed by atoms with Crippen LogP contribution in [-0.2, 0) is 35.8 Å². The van der Waals surface area contributed by atoms with Crippen LogP contribution in [0, 0.1) is 0 Å². The van der Waals surface area contributed by atoms with Gasteiger partial charge in [0.15, 0.2) is 11.6 Å². The van der Waals surface area contributed by atoms with E-state index in [1.165, 1.54) is 27.7 Å². The average Bonchev–Trinajstić information content (AvgIpc) is 1.79. The van der Waals surface area contributed by atoms with Crippen LogP contribution in [0.15, 0.2) is 23.7 Å². The Labute approximate surface area is 114 Å². The van der Waals surface area contributed by atoms with E-state index in [1.54, 1.807) is 0 Å². The predicted molar refractivity (Wildman–Crippen MR) is 52.5 cm³/mol. The van der Waals surface area contributed by atoms with E-state index in [0.29, 0.717) is 0 Å². The van der Waals surface area contributed by atoms with Crippen molar-refractivity contribution in [3.05, 3.63) is 23.7 Å². The van der Waals surface area contributed by atoms with Gasteiger partial charge in [0.25, 0.3) is 0 Å². The van der Waals surface area contributed by atoms with Crippen molar-refractivity contribution in [2.45, 2.75) is 27.7 Å². The first kappa shape index (κ1) is 24.5. The average molecular weight is 307 g/mol. The zero-order valence-corrected chi connectivity index (χ0v) is 12.2. The van der Waals surface area contributed by atoms with E-state index in [9.17, 15) is 19.8 Å². The summed E-state index contributed by atoms with van der Waals surface area (Å²) in [5.74, 6) is -0.750. The number of allylic oxidation sites excluding steroid dienone is 4. The van der Waals surface area contributed by atoms with Gasteiger partial charge in [0.1, 0.15) is 0 Å². The molecule has 2 N–H and O–H groups in total. The first-order valence-electron chi connectivity index (χ1n) is 3.97. The Hall–Kier alpha value is -0.737. The van der Waals surface area contributed by atoms with Crippen molar-refractivity contribution in [1.82, 2.24) is 0 Å². The van der Waals surface area contributed by atoms with E-state index < -0.39 is 0 Å². The maximum Gasteiger partial charge on any atom is 2.00 e. The van der Waals surface area contributed by atoms with Crippen LogP contribution in [0.25, 0.3) is 0 Å². The van der Waals surface area contributed by atoms with Crippen LogP contribution in [0.3, 0.4) is 0 Å². The van der Waals surface area contributed by atoms with Crippen molar-refractivity contribution in [2.75, 3.05) is 0 Å². The Kier molecular flexibility index (Phi) is 21.8. The van der Waals surface area contributed by atoms with Crippen LogP contribution < -0.4 is 10.2 Å². The molecular formula is C10H16O5Zr. The summed E-state index contributed by atoms with van der Waals surface area (Å²) < 4.78 is 0. The second-order valence-electron chi connectivity index (χ2n) is 2.73. The molecule has 0 aliphatic heterocycles. The third-order valence-electron chi connectivity index (χ3n) is 0.813. The van der Waals surface area contributed by atoms with E-state index in [2.05, 4.69) is 0 Å². The van der Waals surface area contributed by atoms with Gasteiger partial charge in [-0.2, -0.15) is 0 Å². The number of carbonyl (C=O) groups excluding carboxylic acids is 2. The molecule has 16 heavy (non-hydrogen) atoms. The van der Waals surface area contributed by atoms with Crippen LogP contribution in [0.5, 0.6) is 0 Å². The van der Waals surface area contributed by atoms with Gasteiger partial charge in [0.05, 0.1) is 0 Å². The molecule has 0 aromatic heterocycles. The van der Waals surface area contributed by atoms with E-state index in [0.717, 1.165) is 12.2 Å². The van der Waals surface area contributed by atoms with Gasteiger partial charge >= 0.3 is 26.2 Å². The summed E-state index contributed by atoms with van der Waals surface area (Å²) in [6, 6.07) is 0. The third-order valence-corrected chi connectivity index (χ3v) is 0.813. The van der Waals surface area contributed by atoms with Crippen molar-refractivity contribution in [3.63, 3.8) is 0 Å². The van der Waals surface area contributed by atoms with Gasteiger partial charge in [-0.1, -0.05) is 13.8 Å². The number of ketones is 2. The monoisotopic (exact) mass is 306 g/mol. The van der Waals surface area contributed by atoms with Gasteiger partial charge in [-0.25, -0.2) is 0 Å². The van der Waals surface area contributed by atoms with Crippen molar-refractivity contribution >= 4 is 11.6 Å². The van der Waals surface area contributed by atoms with E-state index >= 15 is 0 Å². The van der Waals surface area contributed by atoms with E-state index in [4.69, 9.17) is 0 Å². The molecule has 6 heteroatoms. The second kappa shape index (κ2) is 14.3. The zero-order chi connectivity index (χ0) is 11.7. The predicted octanol–water partition coefficient (Wildman–Crippen LogP) is -1.15. The molecule has 0 aromatic carbocycles. The molecule has 0 saturated carbocycles. The largest absolute Gasteiger partial charge is 2.00 e. The Morgan fingerprint density at radius 2 is 1.00 bits per heavy atom. The summed E-state index contributed by atoms with van der Waals surface area (Å²) in [6.07, 6.45) is 2.11. The molecule has 0 aromatic rings. The number of hydrogen-bond acceptors (Lipinski definition) is 4. The Balaban J connectivity index is -0.0000000800. The summed E-state index contributed by atoms with van der Waals surface area (Å²) in [4.78, 5) is 20.0. The maximum atomic E-state index is 9.98. The maximum absolute atomic E-state index is 9.98. The molecule has 0 heterocycles. The van der Waals surface area contributed by atoms with Crippen molar-refractivity contribution in [1.29, 1.82) is 0 Å². The normalized spacial score (nSPS) is 10.0. The second-order valence-corrected chi connectivity index (χ2v) is 2.73. The third kappa shape index (κ3) is 37.8. The molecule has 0 saturated heterocycles. The fourth-order valence-corrected chi connectivity index (χ4v) is 0.572. The minimum atomic E-state index is -0.187. The van der Waals surface area contributed by atoms with Crippen molar-refractivity contribution in [2.24, 2.45) is 0 Å². The molecule has 0 rings (SSSR count). The molecule has 0 bridgehead atoms. The van der Waals surface area contributed by atoms with Crippen LogP contribution >= 0.6 is 0 Å². The van der Waals surface area contributed by atoms with Crippen molar-refractivity contribution in [3.8, 4) is 0 Å². The van der Waals surface area contributed by atoms with Gasteiger partial charge in [-0.05, 0) is 26.0 Å². The first-order valence-corrected chi connectivity index (χ1v) is 3.97. The van der Waals surface area contributed by atoms with Gasteiger partial charge in [0.2, 0.25) is 0 Å². The molecule has 0 unspecified atom stereocenters. The summed E-state index contributed by atoms with van der Waals surface area (Å²) in [6.45, 7) is 5.39. The molecule has 90 valence electrons. The molecular weight excluding hydrogens is 291 g/mol. The van der Waals surface area contributed by atoms with Crippen LogP contribution in [0.4, 0.5) is 0 Å². The van der Waals surface area contributed by atoms with Crippen LogP contribution in [-0.4, -0.2) is 17.0 Å². The number of rotatable bonds is 2. The van der Waals surface area contributed by atoms with Crippen LogP contribution in [0.2, 0.25) is 0 Å². The number of hydrogen-bond donors (Lipinski definition) is 0. The SMILES string of the molecule is CC(=O)/C=C(/C)[O-].CC(=O)/C=C(/C)[O-].O.[Zr+2]. The molecule has 0 aliphatic rings. The molecule has 5 nitrogen and oxygen atoms in total. The van der Waals surface area contributed by atoms with E-state index in [1.807, 2.05) is 0 Å². The minimum Gasteiger partial charge on any atom is -0.876 e. The summed E-state index contributed by atoms with van der Waals surface area (Å²) >= 11 is 0. The Morgan fingerprint density at radius 3 is 1.00 bits per heavy atom. The fourth-order valence-electron chi connectivity index (χ4n) is 0.572. The minimum absolute atomic E-state index is 0. The van der Waals surface area contributed by atoms with Crippen molar-refractivity contribution < 1.29 is 51.5 Å². The van der Waals surface area contributed by atoms with Gasteiger partial charge in [-0.3, -0.25) is 9.59 Å². The van der Waals surface area contributed by atoms with Crippen LogP contribution in [0.1, 0.15) is 27.7 Å². The van der Waals surface area contributed by atoms with Gasteiger partial charge in [-0.15, -0.1) is 11.5 Å². The Morgan fingerprint density at radius 1 is 0.812 bits per heavy atom. The summed E-state index contributed by atoms with van der Waals surface area (Å²) in [5.41, 5.74) is 0. The van der Waals surface area contributed by atoms with Gasteiger partial charge < -0.3 is 15.7 Å². The number of carbonyl (C=O) groups is 2. The first-order chi connectivity index (χ1) is 6.25. The summed E-state index contributed by atoms with van der Waals surface area (Å²) in [5, 5.41) is 20.0. The van der Waals surface area contributed by atoms with Gasteiger partial charge in [0, 0.05) is 0 Å². The summed E-state index contributed by atoms with van der Waals surface area (Å²) in [7, 11) is 0.